The van der Waals surface area contributed by atoms with Crippen molar-refractivity contribution in [1.82, 2.24) is 24.7 Å². The number of ether oxygens (including phenoxy) is 1. The smallest absolute Gasteiger partial charge is 0.410 e. The van der Waals surface area contributed by atoms with Crippen LogP contribution in [-0.4, -0.2) is 97.6 Å². The van der Waals surface area contributed by atoms with Crippen LogP contribution >= 0.6 is 0 Å². The van der Waals surface area contributed by atoms with Crippen LogP contribution in [0.2, 0.25) is 0 Å². The molecule has 41 heavy (non-hydrogen) atoms. The molecule has 3 aliphatic rings. The van der Waals surface area contributed by atoms with Crippen LogP contribution in [0.4, 0.5) is 4.79 Å². The maximum Gasteiger partial charge on any atom is 0.410 e. The second kappa shape index (κ2) is 12.1. The van der Waals surface area contributed by atoms with E-state index in [1.54, 1.807) is 34.3 Å². The zero-order valence-corrected chi connectivity index (χ0v) is 24.3. The molecule has 1 unspecified atom stereocenters. The first-order valence-corrected chi connectivity index (χ1v) is 14.8. The van der Waals surface area contributed by atoms with Crippen molar-refractivity contribution in [2.45, 2.75) is 89.4 Å². The van der Waals surface area contributed by atoms with E-state index in [2.05, 4.69) is 9.97 Å². The van der Waals surface area contributed by atoms with E-state index in [-0.39, 0.29) is 42.6 Å². The van der Waals surface area contributed by atoms with E-state index in [9.17, 15) is 19.5 Å². The van der Waals surface area contributed by atoms with Gasteiger partial charge in [-0.25, -0.2) is 14.8 Å². The third-order valence-electron chi connectivity index (χ3n) is 8.07. The second-order valence-corrected chi connectivity index (χ2v) is 12.3. The summed E-state index contributed by atoms with van der Waals surface area (Å²) in [5.41, 5.74) is 1.24. The minimum Gasteiger partial charge on any atom is -0.444 e. The number of amides is 3. The van der Waals surface area contributed by atoms with Gasteiger partial charge in [-0.15, -0.1) is 0 Å². The summed E-state index contributed by atoms with van der Waals surface area (Å²) in [5, 5.41) is 9.66. The first-order chi connectivity index (χ1) is 19.6. The molecular weight excluding hydrogens is 522 g/mol. The highest BCUT2D eigenvalue weighted by Crippen LogP contribution is 2.33. The number of piperidine rings is 2. The van der Waals surface area contributed by atoms with Crippen molar-refractivity contribution in [1.29, 1.82) is 0 Å². The van der Waals surface area contributed by atoms with Gasteiger partial charge in [-0.3, -0.25) is 9.59 Å². The number of rotatable bonds is 6. The van der Waals surface area contributed by atoms with E-state index in [0.29, 0.717) is 49.4 Å². The molecule has 5 rings (SSSR count). The lowest BCUT2D eigenvalue weighted by Crippen LogP contribution is -2.50. The van der Waals surface area contributed by atoms with Gasteiger partial charge in [0, 0.05) is 55.2 Å². The Morgan fingerprint density at radius 3 is 2.12 bits per heavy atom. The predicted molar refractivity (Wildman–Crippen MR) is 153 cm³/mol. The Balaban J connectivity index is 1.22. The Morgan fingerprint density at radius 1 is 0.902 bits per heavy atom. The monoisotopic (exact) mass is 563 g/mol. The molecule has 1 aromatic carbocycles. The Bertz CT molecular complexity index is 1230. The molecule has 3 amide bonds. The number of carbonyl (C=O) groups is 3. The first-order valence-electron chi connectivity index (χ1n) is 14.8. The fourth-order valence-electron chi connectivity index (χ4n) is 5.76. The van der Waals surface area contributed by atoms with Crippen LogP contribution in [0.15, 0.2) is 36.7 Å². The first kappa shape index (κ1) is 29.0. The molecular formula is C31H41N5O5. The van der Waals surface area contributed by atoms with Crippen molar-refractivity contribution in [3.05, 3.63) is 47.8 Å². The maximum atomic E-state index is 13.6. The summed E-state index contributed by atoms with van der Waals surface area (Å²) in [5.74, 6) is 0.334. The number of hydrogen-bond donors (Lipinski definition) is 1. The molecule has 0 radical (unpaired) electrons. The second-order valence-electron chi connectivity index (χ2n) is 12.3. The van der Waals surface area contributed by atoms with Crippen LogP contribution in [0.5, 0.6) is 0 Å². The van der Waals surface area contributed by atoms with Crippen molar-refractivity contribution in [3.63, 3.8) is 0 Å². The van der Waals surface area contributed by atoms with Crippen molar-refractivity contribution < 1.29 is 24.2 Å². The minimum atomic E-state index is -0.535. The van der Waals surface area contributed by atoms with Crippen LogP contribution in [-0.2, 0) is 4.74 Å². The zero-order valence-electron chi connectivity index (χ0n) is 24.3. The fourth-order valence-corrected chi connectivity index (χ4v) is 5.76. The van der Waals surface area contributed by atoms with Gasteiger partial charge in [0.05, 0.1) is 18.2 Å². The summed E-state index contributed by atoms with van der Waals surface area (Å²) in [4.78, 5) is 53.5. The minimum absolute atomic E-state index is 0.0216. The molecule has 1 aliphatic carbocycles. The van der Waals surface area contributed by atoms with Gasteiger partial charge >= 0.3 is 6.09 Å². The number of aromatic nitrogens is 2. The number of nitrogens with zero attached hydrogens (tertiary/aromatic N) is 5. The SMILES string of the molecule is CC(C)(C)OC(=O)N1CCC(N(C(=O)c2cnc(-c3ccc(C(=O)N4CCCCC4CO)cc3)nc2)C2CC2)CC1. The molecule has 0 bridgehead atoms. The third-order valence-corrected chi connectivity index (χ3v) is 8.07. The summed E-state index contributed by atoms with van der Waals surface area (Å²) in [6.45, 7) is 7.33. The summed E-state index contributed by atoms with van der Waals surface area (Å²) in [6, 6.07) is 7.31. The molecule has 10 nitrogen and oxygen atoms in total. The summed E-state index contributed by atoms with van der Waals surface area (Å²) in [7, 11) is 0. The molecule has 220 valence electrons. The van der Waals surface area contributed by atoms with Crippen LogP contribution < -0.4 is 0 Å². The zero-order chi connectivity index (χ0) is 29.1. The highest BCUT2D eigenvalue weighted by molar-refractivity contribution is 5.95. The lowest BCUT2D eigenvalue weighted by Gasteiger charge is -2.39. The van der Waals surface area contributed by atoms with E-state index in [1.807, 2.05) is 37.8 Å². The van der Waals surface area contributed by atoms with Crippen LogP contribution in [0.25, 0.3) is 11.4 Å². The van der Waals surface area contributed by atoms with Gasteiger partial charge in [0.1, 0.15) is 5.60 Å². The van der Waals surface area contributed by atoms with Gasteiger partial charge < -0.3 is 24.5 Å². The molecule has 1 aromatic heterocycles. The Hall–Kier alpha value is -3.53. The molecule has 1 atom stereocenters. The average Bonchev–Trinajstić information content (AvgIpc) is 3.82. The van der Waals surface area contributed by atoms with Crippen LogP contribution in [0.1, 0.15) is 86.4 Å². The van der Waals surface area contributed by atoms with Gasteiger partial charge in [0.15, 0.2) is 5.82 Å². The van der Waals surface area contributed by atoms with Crippen molar-refractivity contribution in [2.75, 3.05) is 26.2 Å². The van der Waals surface area contributed by atoms with E-state index in [1.165, 1.54) is 0 Å². The maximum absolute atomic E-state index is 13.6. The van der Waals surface area contributed by atoms with Crippen LogP contribution in [0, 0.1) is 0 Å². The standard InChI is InChI=1S/C31H41N5O5/c1-31(2,3)41-30(40)34-16-13-25(14-17-34)36(24-11-12-24)29(39)23-18-32-27(33-19-23)21-7-9-22(10-8-21)28(38)35-15-5-4-6-26(35)20-37/h7-10,18-19,24-26,37H,4-6,11-17,20H2,1-3H3. The normalized spacial score (nSPS) is 20.0. The number of carbonyl (C=O) groups excluding carboxylic acids is 3. The molecule has 3 fully saturated rings. The highest BCUT2D eigenvalue weighted by atomic mass is 16.6. The molecule has 2 aromatic rings. The summed E-state index contributed by atoms with van der Waals surface area (Å²) < 4.78 is 5.51. The number of benzene rings is 1. The van der Waals surface area contributed by atoms with Crippen molar-refractivity contribution in [2.24, 2.45) is 0 Å². The lowest BCUT2D eigenvalue weighted by atomic mass is 10.0. The van der Waals surface area contributed by atoms with Gasteiger partial charge in [0.25, 0.3) is 11.8 Å². The number of hydrogen-bond acceptors (Lipinski definition) is 7. The Morgan fingerprint density at radius 2 is 1.54 bits per heavy atom. The fraction of sp³-hybridized carbons (Fsp3) is 0.581. The van der Waals surface area contributed by atoms with E-state index in [0.717, 1.165) is 37.7 Å². The predicted octanol–water partition coefficient (Wildman–Crippen LogP) is 4.13. The van der Waals surface area contributed by atoms with Crippen LogP contribution in [0.3, 0.4) is 0 Å². The molecule has 10 heteroatoms. The van der Waals surface area contributed by atoms with Crippen molar-refractivity contribution in [3.8, 4) is 11.4 Å². The molecule has 1 saturated carbocycles. The Kier molecular flexibility index (Phi) is 8.58. The highest BCUT2D eigenvalue weighted by Gasteiger charge is 2.40. The van der Waals surface area contributed by atoms with Gasteiger partial charge in [-0.05, 0) is 77.8 Å². The molecule has 0 spiro atoms. The average molecular weight is 564 g/mol. The quantitative estimate of drug-likeness (QED) is 0.562. The molecule has 2 aliphatic heterocycles. The van der Waals surface area contributed by atoms with E-state index >= 15 is 0 Å². The topological polar surface area (TPSA) is 116 Å². The van der Waals surface area contributed by atoms with Gasteiger partial charge in [-0.2, -0.15) is 0 Å². The third kappa shape index (κ3) is 6.86. The number of aliphatic hydroxyl groups is 1. The summed E-state index contributed by atoms with van der Waals surface area (Å²) >= 11 is 0. The molecule has 2 saturated heterocycles. The number of aliphatic hydroxyl groups excluding tert-OH is 1. The van der Waals surface area contributed by atoms with Gasteiger partial charge in [0.2, 0.25) is 0 Å². The number of likely N-dealkylation sites (tertiary alicyclic amines) is 2. The molecule has 3 heterocycles. The van der Waals surface area contributed by atoms with E-state index in [4.69, 9.17) is 4.74 Å². The van der Waals surface area contributed by atoms with E-state index < -0.39 is 5.60 Å². The largest absolute Gasteiger partial charge is 0.444 e. The van der Waals surface area contributed by atoms with Crippen molar-refractivity contribution >= 4 is 17.9 Å². The lowest BCUT2D eigenvalue weighted by molar-refractivity contribution is 0.0142. The summed E-state index contributed by atoms with van der Waals surface area (Å²) in [6.07, 6.45) is 9.03. The van der Waals surface area contributed by atoms with Gasteiger partial charge in [-0.1, -0.05) is 12.1 Å². The molecule has 1 N–H and O–H groups in total. The Labute approximate surface area is 241 Å².